The lowest BCUT2D eigenvalue weighted by Crippen LogP contribution is -2.49. The summed E-state index contributed by atoms with van der Waals surface area (Å²) in [7, 11) is 6.01. The van der Waals surface area contributed by atoms with Crippen molar-refractivity contribution < 1.29 is 94.6 Å². The van der Waals surface area contributed by atoms with Crippen LogP contribution in [0.5, 0.6) is 0 Å². The van der Waals surface area contributed by atoms with Gasteiger partial charge in [-0.05, 0) is 91.0 Å². The molecular formula is C65H103F4N5O17. The van der Waals surface area contributed by atoms with E-state index in [1.807, 2.05) is 62.3 Å². The third-order valence-corrected chi connectivity index (χ3v) is 19.0. The van der Waals surface area contributed by atoms with Gasteiger partial charge in [-0.1, -0.05) is 93.5 Å². The molecule has 7 unspecified atom stereocenters. The lowest BCUT2D eigenvalue weighted by Gasteiger charge is -2.30. The normalized spacial score (nSPS) is 40.9. The number of nitrogen functional groups attached to an aromatic ring is 1. The molecule has 2 aromatic rings. The van der Waals surface area contributed by atoms with Gasteiger partial charge < -0.3 is 73.7 Å². The first-order valence-corrected chi connectivity index (χ1v) is 31.4. The number of methoxy groups -OCH3 is 4. The molecule has 26 heteroatoms. The first kappa shape index (κ1) is 78.8. The molecule has 6 fully saturated rings. The summed E-state index contributed by atoms with van der Waals surface area (Å²) in [5, 5.41) is 31.2. The number of aliphatic imine (C=N–C) groups is 1. The van der Waals surface area contributed by atoms with E-state index in [1.54, 1.807) is 64.3 Å². The highest BCUT2D eigenvalue weighted by molar-refractivity contribution is 6.14. The Kier molecular flexibility index (Phi) is 29.1. The van der Waals surface area contributed by atoms with Crippen molar-refractivity contribution in [2.24, 2.45) is 40.5 Å². The van der Waals surface area contributed by atoms with Crippen LogP contribution < -0.4 is 16.7 Å². The maximum Gasteiger partial charge on any atom is 0.351 e. The van der Waals surface area contributed by atoms with E-state index in [1.165, 1.54) is 46.6 Å². The SMILES string of the molecule is CC[C@H]1O[C@@H](C2C=CC(=NC(=O)c3ccccc3)NC2=O)[C@](C)(F)C1C.CC[C@H]1O[C@@H](OC)C(=O)C1C.CC[C@H]1O[C@@H](OC)[C@@](C)(O)C1C.CC[C@H]1O[C@@H](OC)[C@](C)(F)C1C.CC[C@H]1O[C@@H](OC)[C@](C)(F)C1C.C[C@@]1(F)C(O)[C@@H](CO)O[C@H]1n1ccc(N)nc1=O. The molecule has 518 valence electrons. The number of carbonyl (C=O) groups is 3. The van der Waals surface area contributed by atoms with Crippen molar-refractivity contribution in [3.05, 3.63) is 70.8 Å². The van der Waals surface area contributed by atoms with Crippen molar-refractivity contribution in [3.8, 4) is 0 Å². The van der Waals surface area contributed by atoms with Crippen LogP contribution in [0.3, 0.4) is 0 Å². The Labute approximate surface area is 533 Å². The average molecular weight is 1300 g/mol. The number of nitrogens with two attached hydrogens (primary N) is 1. The van der Waals surface area contributed by atoms with Crippen LogP contribution >= 0.6 is 0 Å². The van der Waals surface area contributed by atoms with Gasteiger partial charge in [-0.3, -0.25) is 19.0 Å². The number of rotatable bonds is 13. The molecule has 91 heavy (non-hydrogen) atoms. The zero-order valence-electron chi connectivity index (χ0n) is 56.4. The van der Waals surface area contributed by atoms with E-state index >= 15 is 4.39 Å². The van der Waals surface area contributed by atoms with Gasteiger partial charge in [-0.25, -0.2) is 22.4 Å². The summed E-state index contributed by atoms with van der Waals surface area (Å²) in [6.45, 7) is 26.3. The molecule has 6 saturated heterocycles. The Morgan fingerprint density at radius 3 is 1.48 bits per heavy atom. The lowest BCUT2D eigenvalue weighted by molar-refractivity contribution is -0.182. The molecule has 0 radical (unpaired) electrons. The van der Waals surface area contributed by atoms with Crippen LogP contribution in [0.25, 0.3) is 0 Å². The quantitative estimate of drug-likeness (QED) is 0.118. The first-order valence-electron chi connectivity index (χ1n) is 31.4. The van der Waals surface area contributed by atoms with Crippen molar-refractivity contribution >= 4 is 29.3 Å². The van der Waals surface area contributed by atoms with Gasteiger partial charge in [0.2, 0.25) is 12.2 Å². The molecular weight excluding hydrogens is 1200 g/mol. The summed E-state index contributed by atoms with van der Waals surface area (Å²) in [6, 6.07) is 9.90. The second-order valence-electron chi connectivity index (χ2n) is 25.0. The van der Waals surface area contributed by atoms with Crippen LogP contribution in [0.4, 0.5) is 23.4 Å². The summed E-state index contributed by atoms with van der Waals surface area (Å²) in [5.74, 6) is -1.74. The van der Waals surface area contributed by atoms with Crippen LogP contribution in [-0.4, -0.2) is 186 Å². The zero-order chi connectivity index (χ0) is 68.9. The smallest absolute Gasteiger partial charge is 0.351 e. The number of amidine groups is 1. The number of hydrogen-bond donors (Lipinski definition) is 5. The third kappa shape index (κ3) is 18.0. The van der Waals surface area contributed by atoms with E-state index < -0.39 is 108 Å². The molecule has 2 amide bonds. The highest BCUT2D eigenvalue weighted by Crippen LogP contribution is 2.46. The predicted octanol–water partition coefficient (Wildman–Crippen LogP) is 8.27. The maximum absolute atomic E-state index is 15.2. The molecule has 1 aromatic carbocycles. The molecule has 7 aliphatic rings. The molecule has 7 aliphatic heterocycles. The van der Waals surface area contributed by atoms with E-state index in [4.69, 9.17) is 58.2 Å². The van der Waals surface area contributed by atoms with Crippen molar-refractivity contribution in [2.75, 3.05) is 40.8 Å². The van der Waals surface area contributed by atoms with Crippen LogP contribution in [0.1, 0.15) is 153 Å². The van der Waals surface area contributed by atoms with E-state index in [0.717, 1.165) is 37.2 Å². The predicted molar refractivity (Wildman–Crippen MR) is 331 cm³/mol. The van der Waals surface area contributed by atoms with Crippen LogP contribution in [0.15, 0.2) is 64.5 Å². The number of alkyl halides is 4. The average Bonchev–Trinajstić information content (AvgIpc) is 1.70. The van der Waals surface area contributed by atoms with Gasteiger partial charge in [0.05, 0.1) is 43.0 Å². The summed E-state index contributed by atoms with van der Waals surface area (Å²) >= 11 is 0. The summed E-state index contributed by atoms with van der Waals surface area (Å²) in [5.41, 5.74) is -2.40. The lowest BCUT2D eigenvalue weighted by atomic mass is 9.80. The standard InChI is InChI=1S/C20H23FN2O3.C10H14FN3O4.2C9H17FO2.C9H18O3.C8H14O3/c1-4-15-12(2)20(3,21)17(26-15)14-10-11-16(23-19(14)25)22-18(24)13-8-6-5-7-9-13;1-10(11)7(16)5(4-15)18-8(10)14-3-2-6(12)13-9(14)17;3*1-5-7-6(2)9(3,10)8(11-4)12-7;1-4-6-5(2)7(9)8(10-3)11-6/h5-12,14-15,17H,4H2,1-3H3,(H,22,23,24,25);2-3,5,7-8,15-16H,4H2,1H3,(H2,12,13,17);2*6-8H,5H2,1-4H3;6-8,10H,5H2,1-4H3;5-6,8H,4H2,1-3H3/t12?,14?,15-,17+,20-;5-,7?,8-,10-;2*6?,7-,8-,9-;6?,7-,8-,9+;5?,6-,8-/m111111/s1. The second kappa shape index (κ2) is 33.6. The molecule has 9 rings (SSSR count). The fraction of sp³-hybridized carbons (Fsp3) is 0.754. The highest BCUT2D eigenvalue weighted by atomic mass is 19.2. The minimum Gasteiger partial charge on any atom is -0.394 e. The number of ketones is 1. The number of nitrogens with zero attached hydrogens (tertiary/aromatic N) is 3. The van der Waals surface area contributed by atoms with E-state index in [9.17, 15) is 42.6 Å². The van der Waals surface area contributed by atoms with Crippen molar-refractivity contribution in [3.63, 3.8) is 0 Å². The number of aliphatic hydroxyl groups excluding tert-OH is 2. The van der Waals surface area contributed by atoms with Crippen LogP contribution in [0, 0.1) is 35.5 Å². The number of anilines is 1. The second-order valence-corrected chi connectivity index (χ2v) is 25.0. The molecule has 8 heterocycles. The molecule has 1 aromatic heterocycles. The topological polar surface area (TPSA) is 289 Å². The molecule has 0 aliphatic carbocycles. The monoisotopic (exact) mass is 1300 g/mol. The molecule has 0 spiro atoms. The number of Topliss-reactive ketones (excluding diaryl/α,β-unsaturated/α-hetero) is 1. The Morgan fingerprint density at radius 1 is 0.648 bits per heavy atom. The van der Waals surface area contributed by atoms with Crippen molar-refractivity contribution in [1.82, 2.24) is 14.9 Å². The number of benzene rings is 1. The number of carbonyl (C=O) groups excluding carboxylic acids is 3. The van der Waals surface area contributed by atoms with Gasteiger partial charge in [-0.15, -0.1) is 0 Å². The minimum atomic E-state index is -2.21. The van der Waals surface area contributed by atoms with Gasteiger partial charge >= 0.3 is 5.69 Å². The fourth-order valence-corrected chi connectivity index (χ4v) is 12.1. The highest BCUT2D eigenvalue weighted by Gasteiger charge is 2.58. The number of amides is 2. The van der Waals surface area contributed by atoms with Crippen molar-refractivity contribution in [1.29, 1.82) is 0 Å². The zero-order valence-corrected chi connectivity index (χ0v) is 56.4. The van der Waals surface area contributed by atoms with Gasteiger partial charge in [0, 0.05) is 69.8 Å². The number of aromatic nitrogens is 2. The Morgan fingerprint density at radius 2 is 1.12 bits per heavy atom. The largest absolute Gasteiger partial charge is 0.394 e. The molecule has 6 N–H and O–H groups in total. The Bertz CT molecular complexity index is 2660. The Balaban J connectivity index is 0.000000241. The molecule has 0 bridgehead atoms. The van der Waals surface area contributed by atoms with Gasteiger partial charge in [0.15, 0.2) is 47.9 Å². The first-order chi connectivity index (χ1) is 42.5. The summed E-state index contributed by atoms with van der Waals surface area (Å²) in [4.78, 5) is 54.9. The number of halogens is 4. The van der Waals surface area contributed by atoms with Crippen LogP contribution in [0.2, 0.25) is 0 Å². The number of hydrogen-bond acceptors (Lipinski definition) is 19. The summed E-state index contributed by atoms with van der Waals surface area (Å²) < 4.78 is 111. The third-order valence-electron chi connectivity index (χ3n) is 19.0. The van der Waals surface area contributed by atoms with Gasteiger partial charge in [-0.2, -0.15) is 9.98 Å². The summed E-state index contributed by atoms with van der Waals surface area (Å²) in [6.07, 6.45) is 1.10. The molecule has 24 atom stereocenters. The van der Waals surface area contributed by atoms with Gasteiger partial charge in [0.25, 0.3) is 5.91 Å². The van der Waals surface area contributed by atoms with E-state index in [-0.39, 0.29) is 77.5 Å². The number of ether oxygens (including phenoxy) is 10. The van der Waals surface area contributed by atoms with E-state index in [2.05, 4.69) is 22.2 Å². The number of nitrogens with one attached hydrogen (secondary N) is 1. The van der Waals surface area contributed by atoms with E-state index in [0.29, 0.717) is 12.0 Å². The minimum absolute atomic E-state index is 0.00839. The van der Waals surface area contributed by atoms with Crippen molar-refractivity contribution in [2.45, 2.75) is 244 Å². The van der Waals surface area contributed by atoms with Gasteiger partial charge in [0.1, 0.15) is 41.2 Å². The molecule has 22 nitrogen and oxygen atoms in total. The number of aliphatic hydroxyl groups is 3. The molecule has 0 saturated carbocycles. The Hall–Kier alpha value is -4.68. The van der Waals surface area contributed by atoms with Crippen LogP contribution in [-0.2, 0) is 57.0 Å². The maximum atomic E-state index is 15.2. The fourth-order valence-electron chi connectivity index (χ4n) is 12.1.